The molecule has 0 aromatic heterocycles. The Kier molecular flexibility index (Phi) is 8.60. The van der Waals surface area contributed by atoms with Crippen LogP contribution in [0.15, 0.2) is 0 Å². The number of aliphatic hydroxyl groups is 1. The van der Waals surface area contributed by atoms with Crippen LogP contribution in [0.4, 0.5) is 0 Å². The Bertz CT molecular complexity index is 1380. The molecule has 13 atom stereocenters. The van der Waals surface area contributed by atoms with Crippen LogP contribution >= 0.6 is 0 Å². The molecule has 1 N–H and O–H groups in total. The lowest BCUT2D eigenvalue weighted by molar-refractivity contribution is -0.248. The number of fused-ring (bicyclic) bond motifs is 4. The van der Waals surface area contributed by atoms with E-state index in [-0.39, 0.29) is 52.7 Å². The first-order valence-electron chi connectivity index (χ1n) is 21.1. The van der Waals surface area contributed by atoms with Crippen molar-refractivity contribution >= 4 is 11.8 Å². The molecule has 0 aromatic rings. The highest BCUT2D eigenvalue weighted by Crippen LogP contribution is 2.89. The molecule has 3 aliphatic heterocycles. The van der Waals surface area contributed by atoms with Gasteiger partial charge in [0.15, 0.2) is 6.29 Å². The molecule has 9 heteroatoms. The van der Waals surface area contributed by atoms with E-state index in [9.17, 15) is 14.7 Å². The zero-order valence-electron chi connectivity index (χ0n) is 32.2. The average Bonchev–Trinajstić information content (AvgIpc) is 4.04. The summed E-state index contributed by atoms with van der Waals surface area (Å²) in [6.07, 6.45) is 12.8. The number of aliphatic hydroxyl groups excluding tert-OH is 1. The minimum Gasteiger partial charge on any atom is -0.390 e. The summed E-state index contributed by atoms with van der Waals surface area (Å²) in [5.41, 5.74) is 0.483. The molecule has 2 amide bonds. The third-order valence-electron chi connectivity index (χ3n) is 17.7. The van der Waals surface area contributed by atoms with Gasteiger partial charge >= 0.3 is 0 Å². The standard InChI is InChI=1S/C42H66N2O7/c1-26-22-28(8-11-32(45)43-16-19-48-20-17-43)50-36-35(26)39(4)14-15-42-25-41(42)13-12-31(38(2,3)29(41)9-10-30(42)40(39,5)37(36)47)51-34-24-44(18-21-49-34)33(46)23-27-6-7-27/h26-31,34-37,47H,6-25H2,1-5H3/t26-,28?,29+,30+,31+,34?,35?,36?,37+,39-,40-,41-,42?/m1/s1. The molecule has 9 rings (SSSR count). The minimum atomic E-state index is -0.481. The van der Waals surface area contributed by atoms with Crippen molar-refractivity contribution < 1.29 is 33.6 Å². The molecular formula is C42H66N2O7. The molecule has 6 saturated carbocycles. The fourth-order valence-corrected chi connectivity index (χ4v) is 14.9. The van der Waals surface area contributed by atoms with Crippen LogP contribution in [0.2, 0.25) is 0 Å². The lowest BCUT2D eigenvalue weighted by atomic mass is 9.41. The summed E-state index contributed by atoms with van der Waals surface area (Å²) in [6, 6.07) is 0. The Hall–Kier alpha value is -1.26. The first-order valence-corrected chi connectivity index (χ1v) is 21.1. The van der Waals surface area contributed by atoms with Gasteiger partial charge in [0.25, 0.3) is 0 Å². The molecule has 6 aliphatic carbocycles. The maximum atomic E-state index is 13.0. The fraction of sp³-hybridized carbons (Fsp3) is 0.952. The summed E-state index contributed by atoms with van der Waals surface area (Å²) in [4.78, 5) is 29.9. The van der Waals surface area contributed by atoms with E-state index in [1.165, 1.54) is 51.4 Å². The highest BCUT2D eigenvalue weighted by atomic mass is 16.7. The number of amides is 2. The van der Waals surface area contributed by atoms with E-state index in [1.54, 1.807) is 0 Å². The van der Waals surface area contributed by atoms with Crippen LogP contribution < -0.4 is 0 Å². The quantitative estimate of drug-likeness (QED) is 0.357. The molecule has 0 radical (unpaired) electrons. The summed E-state index contributed by atoms with van der Waals surface area (Å²) in [5, 5.41) is 12.6. The van der Waals surface area contributed by atoms with Crippen molar-refractivity contribution in [3.63, 3.8) is 0 Å². The largest absolute Gasteiger partial charge is 0.390 e. The highest BCUT2D eigenvalue weighted by Gasteiger charge is 2.84. The molecule has 51 heavy (non-hydrogen) atoms. The first-order chi connectivity index (χ1) is 24.3. The van der Waals surface area contributed by atoms with Gasteiger partial charge in [0, 0.05) is 37.9 Å². The Morgan fingerprint density at radius 1 is 0.863 bits per heavy atom. The molecule has 3 saturated heterocycles. The van der Waals surface area contributed by atoms with Gasteiger partial charge in [-0.3, -0.25) is 9.59 Å². The summed E-state index contributed by atoms with van der Waals surface area (Å²) in [6.45, 7) is 16.7. The lowest BCUT2D eigenvalue weighted by Crippen LogP contribution is -2.60. The molecule has 9 nitrogen and oxygen atoms in total. The molecule has 2 spiro atoms. The molecule has 9 fully saturated rings. The Morgan fingerprint density at radius 3 is 2.35 bits per heavy atom. The van der Waals surface area contributed by atoms with Gasteiger partial charge in [-0.05, 0) is 122 Å². The number of morpholine rings is 2. The van der Waals surface area contributed by atoms with Crippen molar-refractivity contribution in [2.75, 3.05) is 46.0 Å². The fourth-order valence-electron chi connectivity index (χ4n) is 14.9. The van der Waals surface area contributed by atoms with Crippen molar-refractivity contribution in [1.29, 1.82) is 0 Å². The summed E-state index contributed by atoms with van der Waals surface area (Å²) in [7, 11) is 0. The van der Waals surface area contributed by atoms with Crippen molar-refractivity contribution in [2.45, 2.75) is 149 Å². The highest BCUT2D eigenvalue weighted by molar-refractivity contribution is 5.77. The third-order valence-corrected chi connectivity index (χ3v) is 17.7. The van der Waals surface area contributed by atoms with E-state index in [0.29, 0.717) is 99.3 Å². The van der Waals surface area contributed by atoms with Gasteiger partial charge in [-0.2, -0.15) is 0 Å². The van der Waals surface area contributed by atoms with Crippen LogP contribution in [0.25, 0.3) is 0 Å². The second-order valence-corrected chi connectivity index (χ2v) is 20.1. The lowest BCUT2D eigenvalue weighted by Gasteiger charge is -2.64. The minimum absolute atomic E-state index is 0.0177. The second-order valence-electron chi connectivity index (χ2n) is 20.1. The second kappa shape index (κ2) is 12.4. The van der Waals surface area contributed by atoms with Gasteiger partial charge in [-0.1, -0.05) is 34.6 Å². The van der Waals surface area contributed by atoms with Crippen molar-refractivity contribution in [2.24, 2.45) is 56.7 Å². The summed E-state index contributed by atoms with van der Waals surface area (Å²) < 4.78 is 25.4. The van der Waals surface area contributed by atoms with E-state index in [2.05, 4.69) is 34.6 Å². The van der Waals surface area contributed by atoms with Crippen LogP contribution in [0, 0.1) is 56.7 Å². The number of ether oxygens (including phenoxy) is 4. The monoisotopic (exact) mass is 710 g/mol. The Labute approximate surface area is 306 Å². The van der Waals surface area contributed by atoms with Crippen LogP contribution in [0.3, 0.4) is 0 Å². The average molecular weight is 711 g/mol. The molecule has 286 valence electrons. The molecular weight excluding hydrogens is 644 g/mol. The van der Waals surface area contributed by atoms with Gasteiger partial charge < -0.3 is 33.9 Å². The van der Waals surface area contributed by atoms with Gasteiger partial charge in [-0.25, -0.2) is 0 Å². The van der Waals surface area contributed by atoms with Crippen LogP contribution in [0.1, 0.15) is 118 Å². The van der Waals surface area contributed by atoms with Crippen molar-refractivity contribution in [3.8, 4) is 0 Å². The van der Waals surface area contributed by atoms with E-state index in [4.69, 9.17) is 18.9 Å². The number of nitrogens with zero attached hydrogens (tertiary/aromatic N) is 2. The number of rotatable bonds is 7. The number of carbonyl (C=O) groups excluding carboxylic acids is 2. The van der Waals surface area contributed by atoms with Crippen LogP contribution in [-0.4, -0.2) is 103 Å². The summed E-state index contributed by atoms with van der Waals surface area (Å²) in [5.74, 6) is 2.98. The smallest absolute Gasteiger partial charge is 0.223 e. The third kappa shape index (κ3) is 5.23. The Morgan fingerprint density at radius 2 is 1.59 bits per heavy atom. The van der Waals surface area contributed by atoms with Crippen LogP contribution in [0.5, 0.6) is 0 Å². The van der Waals surface area contributed by atoms with Crippen LogP contribution in [-0.2, 0) is 28.5 Å². The summed E-state index contributed by atoms with van der Waals surface area (Å²) >= 11 is 0. The normalized spacial score (nSPS) is 50.0. The first kappa shape index (κ1) is 35.4. The van der Waals surface area contributed by atoms with E-state index >= 15 is 0 Å². The topological polar surface area (TPSA) is 97.8 Å². The van der Waals surface area contributed by atoms with E-state index < -0.39 is 6.10 Å². The predicted octanol–water partition coefficient (Wildman–Crippen LogP) is 5.81. The van der Waals surface area contributed by atoms with Crippen molar-refractivity contribution in [3.05, 3.63) is 0 Å². The number of hydrogen-bond acceptors (Lipinski definition) is 7. The van der Waals surface area contributed by atoms with E-state index in [0.717, 1.165) is 19.3 Å². The maximum Gasteiger partial charge on any atom is 0.223 e. The van der Waals surface area contributed by atoms with Gasteiger partial charge in [-0.15, -0.1) is 0 Å². The predicted molar refractivity (Wildman–Crippen MR) is 191 cm³/mol. The van der Waals surface area contributed by atoms with E-state index in [1.807, 2.05) is 9.80 Å². The number of hydrogen-bond donors (Lipinski definition) is 1. The zero-order chi connectivity index (χ0) is 35.6. The number of carbonyl (C=O) groups is 2. The zero-order valence-corrected chi connectivity index (χ0v) is 32.2. The molecule has 3 heterocycles. The van der Waals surface area contributed by atoms with Gasteiger partial charge in [0.2, 0.25) is 11.8 Å². The Balaban J connectivity index is 0.888. The van der Waals surface area contributed by atoms with Gasteiger partial charge in [0.05, 0.1) is 50.8 Å². The molecule has 9 aliphatic rings. The maximum absolute atomic E-state index is 13.0. The van der Waals surface area contributed by atoms with Crippen molar-refractivity contribution in [1.82, 2.24) is 9.80 Å². The SMILES string of the molecule is C[C@@H]1CC(CCC(=O)N2CCOCC2)OC2C1[C@@]1(C)CCC34C[C@@]35CC[C@H](OC3CN(C(=O)CC6CC6)CCO3)C(C)(C)[C@@H]5CC[C@H]4[C@]1(C)[C@H]2O. The molecule has 5 unspecified atom stereocenters. The molecule has 0 bridgehead atoms. The molecule has 0 aromatic carbocycles. The van der Waals surface area contributed by atoms with Gasteiger partial charge in [0.1, 0.15) is 0 Å².